The van der Waals surface area contributed by atoms with Crippen molar-refractivity contribution < 1.29 is 14.3 Å². The van der Waals surface area contributed by atoms with Gasteiger partial charge in [-0.05, 0) is 50.5 Å². The second kappa shape index (κ2) is 10.6. The van der Waals surface area contributed by atoms with Gasteiger partial charge in [-0.2, -0.15) is 0 Å². The first kappa shape index (κ1) is 19.1. The van der Waals surface area contributed by atoms with Crippen LogP contribution in [-0.2, 0) is 4.79 Å². The molecule has 1 aromatic carbocycles. The van der Waals surface area contributed by atoms with E-state index in [4.69, 9.17) is 4.74 Å². The van der Waals surface area contributed by atoms with E-state index in [0.717, 1.165) is 24.3 Å². The molecule has 0 radical (unpaired) electrons. The molecular weight excluding hydrogens is 318 g/mol. The largest absolute Gasteiger partial charge is 0.494 e. The van der Waals surface area contributed by atoms with Gasteiger partial charge in [0, 0.05) is 24.7 Å². The molecule has 1 aromatic rings. The minimum absolute atomic E-state index is 0.0568. The van der Waals surface area contributed by atoms with Gasteiger partial charge in [-0.25, -0.2) is 4.79 Å². The summed E-state index contributed by atoms with van der Waals surface area (Å²) in [6.07, 6.45) is 6.77. The molecule has 6 nitrogen and oxygen atoms in total. The molecule has 1 fully saturated rings. The number of urea groups is 1. The highest BCUT2D eigenvalue weighted by Gasteiger charge is 2.15. The molecule has 0 atom stereocenters. The molecule has 0 aromatic heterocycles. The van der Waals surface area contributed by atoms with Gasteiger partial charge in [0.05, 0.1) is 6.61 Å². The van der Waals surface area contributed by atoms with Gasteiger partial charge in [0.1, 0.15) is 5.75 Å². The Balaban J connectivity index is 1.57. The SMILES string of the molecule is CCOc1ccc(NC(=O)CCCNC(=O)NC2CCCCC2)cc1. The lowest BCUT2D eigenvalue weighted by Gasteiger charge is -2.22. The summed E-state index contributed by atoms with van der Waals surface area (Å²) in [4.78, 5) is 23.7. The lowest BCUT2D eigenvalue weighted by molar-refractivity contribution is -0.116. The maximum atomic E-state index is 11.9. The normalized spacial score (nSPS) is 14.6. The number of nitrogens with one attached hydrogen (secondary N) is 3. The summed E-state index contributed by atoms with van der Waals surface area (Å²) in [5.41, 5.74) is 0.747. The number of benzene rings is 1. The van der Waals surface area contributed by atoms with Gasteiger partial charge in [0.2, 0.25) is 5.91 Å². The smallest absolute Gasteiger partial charge is 0.315 e. The summed E-state index contributed by atoms with van der Waals surface area (Å²) in [6, 6.07) is 7.47. The number of hydrogen-bond acceptors (Lipinski definition) is 3. The molecule has 1 aliphatic carbocycles. The Morgan fingerprint density at radius 3 is 2.52 bits per heavy atom. The van der Waals surface area contributed by atoms with Crippen molar-refractivity contribution in [1.82, 2.24) is 10.6 Å². The van der Waals surface area contributed by atoms with Crippen LogP contribution in [0.4, 0.5) is 10.5 Å². The van der Waals surface area contributed by atoms with Crippen LogP contribution in [0.3, 0.4) is 0 Å². The van der Waals surface area contributed by atoms with E-state index in [2.05, 4.69) is 16.0 Å². The number of carbonyl (C=O) groups excluding carboxylic acids is 2. The van der Waals surface area contributed by atoms with Crippen molar-refractivity contribution in [2.45, 2.75) is 57.9 Å². The molecule has 1 aliphatic rings. The Hall–Kier alpha value is -2.24. The van der Waals surface area contributed by atoms with Crippen molar-refractivity contribution in [2.24, 2.45) is 0 Å². The van der Waals surface area contributed by atoms with Gasteiger partial charge in [0.25, 0.3) is 0 Å². The van der Waals surface area contributed by atoms with Crippen LogP contribution >= 0.6 is 0 Å². The predicted octanol–water partition coefficient (Wildman–Crippen LogP) is 3.44. The van der Waals surface area contributed by atoms with Crippen LogP contribution in [0.25, 0.3) is 0 Å². The van der Waals surface area contributed by atoms with Gasteiger partial charge in [-0.3, -0.25) is 4.79 Å². The summed E-state index contributed by atoms with van der Waals surface area (Å²) in [6.45, 7) is 3.04. The maximum absolute atomic E-state index is 11.9. The molecule has 25 heavy (non-hydrogen) atoms. The summed E-state index contributed by atoms with van der Waals surface area (Å²) >= 11 is 0. The maximum Gasteiger partial charge on any atom is 0.315 e. The van der Waals surface area contributed by atoms with E-state index in [9.17, 15) is 9.59 Å². The van der Waals surface area contributed by atoms with Crippen molar-refractivity contribution >= 4 is 17.6 Å². The van der Waals surface area contributed by atoms with Crippen LogP contribution in [0.2, 0.25) is 0 Å². The van der Waals surface area contributed by atoms with Gasteiger partial charge in [-0.15, -0.1) is 0 Å². The highest BCUT2D eigenvalue weighted by atomic mass is 16.5. The number of ether oxygens (including phenoxy) is 1. The molecule has 0 bridgehead atoms. The first-order valence-corrected chi connectivity index (χ1v) is 9.24. The molecule has 6 heteroatoms. The van der Waals surface area contributed by atoms with Crippen molar-refractivity contribution in [2.75, 3.05) is 18.5 Å². The predicted molar refractivity (Wildman–Crippen MR) is 98.9 cm³/mol. The zero-order chi connectivity index (χ0) is 17.9. The number of amides is 3. The fourth-order valence-corrected chi connectivity index (χ4v) is 2.96. The average molecular weight is 347 g/mol. The fraction of sp³-hybridized carbons (Fsp3) is 0.579. The summed E-state index contributed by atoms with van der Waals surface area (Å²) in [7, 11) is 0. The van der Waals surface area contributed by atoms with Gasteiger partial charge < -0.3 is 20.7 Å². The molecule has 138 valence electrons. The molecule has 3 N–H and O–H groups in total. The van der Waals surface area contributed by atoms with Crippen LogP contribution in [0, 0.1) is 0 Å². The molecule has 1 saturated carbocycles. The van der Waals surface area contributed by atoms with Crippen molar-refractivity contribution in [3.8, 4) is 5.75 Å². The van der Waals surface area contributed by atoms with Gasteiger partial charge in [0.15, 0.2) is 0 Å². The van der Waals surface area contributed by atoms with Crippen LogP contribution in [0.1, 0.15) is 51.9 Å². The number of anilines is 1. The molecule has 3 amide bonds. The van der Waals surface area contributed by atoms with Gasteiger partial charge in [-0.1, -0.05) is 19.3 Å². The molecule has 0 unspecified atom stereocenters. The number of rotatable bonds is 8. The average Bonchev–Trinajstić information content (AvgIpc) is 2.61. The Labute approximate surface area is 149 Å². The minimum Gasteiger partial charge on any atom is -0.494 e. The third kappa shape index (κ3) is 7.45. The third-order valence-electron chi connectivity index (χ3n) is 4.26. The van der Waals surface area contributed by atoms with E-state index in [-0.39, 0.29) is 11.9 Å². The van der Waals surface area contributed by atoms with Crippen LogP contribution in [0.5, 0.6) is 5.75 Å². The molecule has 0 aliphatic heterocycles. The van der Waals surface area contributed by atoms with Crippen molar-refractivity contribution in [3.63, 3.8) is 0 Å². The van der Waals surface area contributed by atoms with Crippen LogP contribution in [-0.4, -0.2) is 31.1 Å². The summed E-state index contributed by atoms with van der Waals surface area (Å²) in [5, 5.41) is 8.67. The molecule has 0 spiro atoms. The zero-order valence-electron chi connectivity index (χ0n) is 15.0. The molecule has 2 rings (SSSR count). The summed E-state index contributed by atoms with van der Waals surface area (Å²) in [5.74, 6) is 0.729. The van der Waals surface area contributed by atoms with E-state index in [1.165, 1.54) is 19.3 Å². The quantitative estimate of drug-likeness (QED) is 0.630. The third-order valence-corrected chi connectivity index (χ3v) is 4.26. The fourth-order valence-electron chi connectivity index (χ4n) is 2.96. The van der Waals surface area contributed by atoms with Crippen molar-refractivity contribution in [3.05, 3.63) is 24.3 Å². The Morgan fingerprint density at radius 2 is 1.84 bits per heavy atom. The van der Waals surface area contributed by atoms with E-state index in [0.29, 0.717) is 32.0 Å². The van der Waals surface area contributed by atoms with Crippen LogP contribution < -0.4 is 20.7 Å². The molecular formula is C19H29N3O3. The van der Waals surface area contributed by atoms with E-state index >= 15 is 0 Å². The van der Waals surface area contributed by atoms with Gasteiger partial charge >= 0.3 is 6.03 Å². The lowest BCUT2D eigenvalue weighted by Crippen LogP contribution is -2.43. The number of hydrogen-bond donors (Lipinski definition) is 3. The first-order valence-electron chi connectivity index (χ1n) is 9.24. The Morgan fingerprint density at radius 1 is 1.12 bits per heavy atom. The molecule has 0 heterocycles. The number of carbonyl (C=O) groups is 2. The van der Waals surface area contributed by atoms with E-state index in [1.807, 2.05) is 31.2 Å². The zero-order valence-corrected chi connectivity index (χ0v) is 15.0. The topological polar surface area (TPSA) is 79.5 Å². The highest BCUT2D eigenvalue weighted by molar-refractivity contribution is 5.90. The second-order valence-electron chi connectivity index (χ2n) is 6.34. The van der Waals surface area contributed by atoms with E-state index in [1.54, 1.807) is 0 Å². The standard InChI is InChI=1S/C19H29N3O3/c1-2-25-17-12-10-16(11-13-17)21-18(23)9-6-14-20-19(24)22-15-7-4-3-5-8-15/h10-13,15H,2-9,14H2,1H3,(H,21,23)(H2,20,22,24). The lowest BCUT2D eigenvalue weighted by atomic mass is 9.96. The second-order valence-corrected chi connectivity index (χ2v) is 6.34. The highest BCUT2D eigenvalue weighted by Crippen LogP contribution is 2.17. The van der Waals surface area contributed by atoms with Crippen molar-refractivity contribution in [1.29, 1.82) is 0 Å². The molecule has 0 saturated heterocycles. The van der Waals surface area contributed by atoms with Crippen LogP contribution in [0.15, 0.2) is 24.3 Å². The minimum atomic E-state index is -0.126. The van der Waals surface area contributed by atoms with E-state index < -0.39 is 0 Å². The Kier molecular flexibility index (Phi) is 8.09. The first-order chi connectivity index (χ1) is 12.2. The summed E-state index contributed by atoms with van der Waals surface area (Å²) < 4.78 is 5.36. The Bertz CT molecular complexity index is 539. The monoisotopic (exact) mass is 347 g/mol.